The number of benzene rings is 2. The molecule has 3 aromatic rings. The van der Waals surface area contributed by atoms with E-state index >= 15 is 0 Å². The van der Waals surface area contributed by atoms with E-state index in [0.717, 1.165) is 17.4 Å². The number of carbonyl (C=O) groups is 1. The fourth-order valence-corrected chi connectivity index (χ4v) is 3.44. The summed E-state index contributed by atoms with van der Waals surface area (Å²) in [5.41, 5.74) is 2.13. The summed E-state index contributed by atoms with van der Waals surface area (Å²) >= 11 is 1.16. The molecule has 0 aliphatic heterocycles. The monoisotopic (exact) mass is 433 g/mol. The zero-order valence-corrected chi connectivity index (χ0v) is 17.4. The number of thioether (sulfide) groups is 1. The number of halogens is 2. The maximum atomic E-state index is 12.6. The van der Waals surface area contributed by atoms with Gasteiger partial charge in [0.05, 0.1) is 16.6 Å². The van der Waals surface area contributed by atoms with E-state index in [9.17, 15) is 13.6 Å². The molecule has 0 bridgehead atoms. The molecule has 1 N–H and O–H groups in total. The van der Waals surface area contributed by atoms with Crippen molar-refractivity contribution in [3.8, 4) is 11.4 Å². The lowest BCUT2D eigenvalue weighted by Gasteiger charge is -2.14. The van der Waals surface area contributed by atoms with E-state index < -0.39 is 17.8 Å². The van der Waals surface area contributed by atoms with Crippen molar-refractivity contribution < 1.29 is 18.3 Å². The first kappa shape index (κ1) is 21.7. The second-order valence-electron chi connectivity index (χ2n) is 6.74. The molecule has 1 amide bonds. The third kappa shape index (κ3) is 5.32. The molecule has 3 rings (SSSR count). The van der Waals surface area contributed by atoms with Crippen LogP contribution in [0.2, 0.25) is 0 Å². The molecular formula is C20H21F2N5O2S. The van der Waals surface area contributed by atoms with Crippen LogP contribution in [0.1, 0.15) is 32.3 Å². The molecule has 0 aliphatic carbocycles. The first-order valence-electron chi connectivity index (χ1n) is 9.25. The van der Waals surface area contributed by atoms with E-state index in [1.807, 2.05) is 24.3 Å². The van der Waals surface area contributed by atoms with E-state index in [1.165, 1.54) is 17.7 Å². The number of rotatable bonds is 8. The number of nitrogens with zero attached hydrogens (tertiary/aromatic N) is 4. The first-order valence-corrected chi connectivity index (χ1v) is 10.1. The maximum Gasteiger partial charge on any atom is 0.387 e. The summed E-state index contributed by atoms with van der Waals surface area (Å²) in [5, 5.41) is 14.2. The minimum Gasteiger partial charge on any atom is -0.433 e. The number of hydrogen-bond donors (Lipinski definition) is 1. The van der Waals surface area contributed by atoms with Crippen LogP contribution in [0.25, 0.3) is 5.69 Å². The Hall–Kier alpha value is -3.01. The van der Waals surface area contributed by atoms with Gasteiger partial charge in [0.15, 0.2) is 0 Å². The van der Waals surface area contributed by atoms with Gasteiger partial charge in [-0.15, -0.1) is 5.10 Å². The zero-order valence-electron chi connectivity index (χ0n) is 16.6. The summed E-state index contributed by atoms with van der Waals surface area (Å²) in [4.78, 5) is 12.6. The van der Waals surface area contributed by atoms with E-state index in [-0.39, 0.29) is 11.4 Å². The van der Waals surface area contributed by atoms with Gasteiger partial charge < -0.3 is 10.1 Å². The molecule has 158 valence electrons. The number of hydrogen-bond acceptors (Lipinski definition) is 6. The Labute approximate surface area is 176 Å². The van der Waals surface area contributed by atoms with Gasteiger partial charge in [0.1, 0.15) is 5.75 Å². The number of anilines is 1. The van der Waals surface area contributed by atoms with E-state index in [4.69, 9.17) is 0 Å². The van der Waals surface area contributed by atoms with Crippen molar-refractivity contribution in [2.45, 2.75) is 43.7 Å². The van der Waals surface area contributed by atoms with E-state index in [2.05, 4.69) is 39.4 Å². The molecule has 1 aromatic heterocycles. The quantitative estimate of drug-likeness (QED) is 0.527. The standard InChI is InChI=1S/C20H21F2N5O2S/c1-12(2)14-8-10-15(11-9-14)27-20(24-25-26-27)30-13(3)18(28)23-16-6-4-5-7-17(16)29-19(21)22/h4-13,19H,1-3H3,(H,23,28). The van der Waals surface area contributed by atoms with Crippen LogP contribution in [0.15, 0.2) is 53.7 Å². The topological polar surface area (TPSA) is 81.9 Å². The second kappa shape index (κ2) is 9.66. The number of carbonyl (C=O) groups excluding carboxylic acids is 1. The maximum absolute atomic E-state index is 12.6. The van der Waals surface area contributed by atoms with Crippen LogP contribution in [-0.4, -0.2) is 38.0 Å². The molecule has 10 heteroatoms. The molecule has 1 heterocycles. The summed E-state index contributed by atoms with van der Waals surface area (Å²) in [7, 11) is 0. The van der Waals surface area contributed by atoms with Crippen molar-refractivity contribution in [2.75, 3.05) is 5.32 Å². The number of ether oxygens (including phenoxy) is 1. The molecule has 0 aliphatic rings. The summed E-state index contributed by atoms with van der Waals surface area (Å²) < 4.78 is 31.1. The van der Waals surface area contributed by atoms with Crippen LogP contribution in [0, 0.1) is 0 Å². The number of para-hydroxylation sites is 2. The predicted molar refractivity (Wildman–Crippen MR) is 110 cm³/mol. The van der Waals surface area contributed by atoms with Crippen molar-refractivity contribution in [3.05, 3.63) is 54.1 Å². The highest BCUT2D eigenvalue weighted by atomic mass is 32.2. The van der Waals surface area contributed by atoms with Gasteiger partial charge in [0.2, 0.25) is 11.1 Å². The Bertz CT molecular complexity index is 995. The van der Waals surface area contributed by atoms with Gasteiger partial charge in [-0.25, -0.2) is 0 Å². The van der Waals surface area contributed by atoms with E-state index in [1.54, 1.807) is 23.7 Å². The van der Waals surface area contributed by atoms with Crippen LogP contribution in [0.3, 0.4) is 0 Å². The van der Waals surface area contributed by atoms with Crippen molar-refractivity contribution in [1.29, 1.82) is 0 Å². The van der Waals surface area contributed by atoms with Gasteiger partial charge in [-0.1, -0.05) is 49.9 Å². The Kier molecular flexibility index (Phi) is 6.99. The van der Waals surface area contributed by atoms with E-state index in [0.29, 0.717) is 11.1 Å². The highest BCUT2D eigenvalue weighted by molar-refractivity contribution is 8.00. The minimum atomic E-state index is -2.98. The number of nitrogens with one attached hydrogen (secondary N) is 1. The average molecular weight is 433 g/mol. The lowest BCUT2D eigenvalue weighted by Crippen LogP contribution is -2.23. The summed E-state index contributed by atoms with van der Waals surface area (Å²) in [5.74, 6) is -0.0921. The molecule has 7 nitrogen and oxygen atoms in total. The lowest BCUT2D eigenvalue weighted by molar-refractivity contribution is -0.115. The smallest absolute Gasteiger partial charge is 0.387 e. The van der Waals surface area contributed by atoms with Gasteiger partial charge >= 0.3 is 6.61 Å². The SMILES string of the molecule is CC(Sc1nnnn1-c1ccc(C(C)C)cc1)C(=O)Nc1ccccc1OC(F)F. The van der Waals surface area contributed by atoms with Crippen LogP contribution in [0.5, 0.6) is 5.75 Å². The van der Waals surface area contributed by atoms with Crippen LogP contribution in [-0.2, 0) is 4.79 Å². The normalized spacial score (nSPS) is 12.2. The van der Waals surface area contributed by atoms with Gasteiger partial charge in [-0.2, -0.15) is 13.5 Å². The Morgan fingerprint density at radius 2 is 1.80 bits per heavy atom. The minimum absolute atomic E-state index is 0.104. The van der Waals surface area contributed by atoms with Crippen LogP contribution < -0.4 is 10.1 Å². The lowest BCUT2D eigenvalue weighted by atomic mass is 10.0. The molecule has 0 spiro atoms. The molecule has 1 atom stereocenters. The van der Waals surface area contributed by atoms with Gasteiger partial charge in [-0.3, -0.25) is 4.79 Å². The summed E-state index contributed by atoms with van der Waals surface area (Å²) in [6.07, 6.45) is 0. The molecule has 0 saturated carbocycles. The molecule has 1 unspecified atom stereocenters. The number of tetrazole rings is 1. The fourth-order valence-electron chi connectivity index (χ4n) is 2.63. The predicted octanol–water partition coefficient (Wildman–Crippen LogP) is 4.51. The first-order chi connectivity index (χ1) is 14.3. The zero-order chi connectivity index (χ0) is 21.7. The largest absolute Gasteiger partial charge is 0.433 e. The second-order valence-corrected chi connectivity index (χ2v) is 8.05. The summed E-state index contributed by atoms with van der Waals surface area (Å²) in [6, 6.07) is 13.9. The number of aromatic nitrogens is 4. The molecule has 0 fully saturated rings. The molecular weight excluding hydrogens is 412 g/mol. The molecule has 0 saturated heterocycles. The van der Waals surface area contributed by atoms with Crippen molar-refractivity contribution >= 4 is 23.4 Å². The number of amides is 1. The highest BCUT2D eigenvalue weighted by Crippen LogP contribution is 2.28. The Morgan fingerprint density at radius 3 is 2.47 bits per heavy atom. The van der Waals surface area contributed by atoms with Crippen molar-refractivity contribution in [1.82, 2.24) is 20.2 Å². The number of alkyl halides is 2. The Balaban J connectivity index is 1.71. The molecule has 30 heavy (non-hydrogen) atoms. The highest BCUT2D eigenvalue weighted by Gasteiger charge is 2.21. The fraction of sp³-hybridized carbons (Fsp3) is 0.300. The Morgan fingerprint density at radius 1 is 1.10 bits per heavy atom. The van der Waals surface area contributed by atoms with Gasteiger partial charge in [0, 0.05) is 0 Å². The molecule has 0 radical (unpaired) electrons. The third-order valence-electron chi connectivity index (χ3n) is 4.26. The summed E-state index contributed by atoms with van der Waals surface area (Å²) in [6.45, 7) is 2.91. The van der Waals surface area contributed by atoms with Crippen LogP contribution in [0.4, 0.5) is 14.5 Å². The van der Waals surface area contributed by atoms with Crippen molar-refractivity contribution in [3.63, 3.8) is 0 Å². The van der Waals surface area contributed by atoms with Crippen molar-refractivity contribution in [2.24, 2.45) is 0 Å². The average Bonchev–Trinajstić information content (AvgIpc) is 3.17. The van der Waals surface area contributed by atoms with Gasteiger partial charge in [-0.05, 0) is 53.1 Å². The third-order valence-corrected chi connectivity index (χ3v) is 5.29. The van der Waals surface area contributed by atoms with Gasteiger partial charge in [0.25, 0.3) is 0 Å². The van der Waals surface area contributed by atoms with Crippen LogP contribution >= 0.6 is 11.8 Å². The molecule has 2 aromatic carbocycles.